The van der Waals surface area contributed by atoms with Crippen LogP contribution in [0.15, 0.2) is 12.2 Å². The number of quaternary nitrogens is 1. The molecule has 0 atom stereocenters. The van der Waals surface area contributed by atoms with E-state index in [-0.39, 0.29) is 5.91 Å². The highest BCUT2D eigenvalue weighted by molar-refractivity contribution is 5.87. The number of hydrogen-bond donors (Lipinski definition) is 1. The van der Waals surface area contributed by atoms with Crippen LogP contribution in [0.5, 0.6) is 0 Å². The monoisotopic (exact) mass is 367 g/mol. The third-order valence-corrected chi connectivity index (χ3v) is 5.17. The molecule has 3 nitrogen and oxygen atoms in total. The Kier molecular flexibility index (Phi) is 17.0. The van der Waals surface area contributed by atoms with Crippen LogP contribution < -0.4 is 5.32 Å². The number of allylic oxidation sites excluding steroid dienone is 1. The molecule has 0 aliphatic heterocycles. The Balaban J connectivity index is 3.40. The molecule has 3 heteroatoms. The predicted molar refractivity (Wildman–Crippen MR) is 115 cm³/mol. The summed E-state index contributed by atoms with van der Waals surface area (Å²) in [6.45, 7) is 7.32. The van der Waals surface area contributed by atoms with E-state index in [1.807, 2.05) is 6.92 Å². The van der Waals surface area contributed by atoms with E-state index in [1.165, 1.54) is 83.6 Å². The Morgan fingerprint density at radius 3 is 1.73 bits per heavy atom. The number of carbonyl (C=O) groups excluding carboxylic acids is 1. The van der Waals surface area contributed by atoms with Crippen molar-refractivity contribution in [1.29, 1.82) is 0 Å². The average Bonchev–Trinajstić information content (AvgIpc) is 2.60. The minimum absolute atomic E-state index is 0.0266. The molecule has 0 heterocycles. The smallest absolute Gasteiger partial charge is 0.243 e. The van der Waals surface area contributed by atoms with Crippen LogP contribution in [0.25, 0.3) is 0 Å². The van der Waals surface area contributed by atoms with Gasteiger partial charge < -0.3 is 9.80 Å². The minimum Gasteiger partial charge on any atom is -0.352 e. The molecule has 154 valence electrons. The zero-order valence-corrected chi connectivity index (χ0v) is 18.3. The molecule has 1 amide bonds. The van der Waals surface area contributed by atoms with E-state index in [9.17, 15) is 4.79 Å². The third-order valence-electron chi connectivity index (χ3n) is 5.17. The summed E-state index contributed by atoms with van der Waals surface area (Å²) in [5, 5.41) is 2.94. The first-order valence-corrected chi connectivity index (χ1v) is 11.2. The molecule has 0 saturated heterocycles. The minimum atomic E-state index is 0.0266. The lowest BCUT2D eigenvalue weighted by Crippen LogP contribution is -2.42. The molecule has 0 radical (unpaired) electrons. The van der Waals surface area contributed by atoms with E-state index in [2.05, 4.69) is 26.3 Å². The molecule has 1 N–H and O–H groups in total. The van der Waals surface area contributed by atoms with Gasteiger partial charge in [0.2, 0.25) is 5.91 Å². The normalized spacial score (nSPS) is 12.0. The average molecular weight is 368 g/mol. The van der Waals surface area contributed by atoms with Gasteiger partial charge in [0, 0.05) is 13.0 Å². The molecule has 0 aliphatic rings. The quantitative estimate of drug-likeness (QED) is 0.184. The fraction of sp³-hybridized carbons (Fsp3) is 0.870. The van der Waals surface area contributed by atoms with Gasteiger partial charge in [0.25, 0.3) is 0 Å². The van der Waals surface area contributed by atoms with E-state index in [0.717, 1.165) is 24.0 Å². The van der Waals surface area contributed by atoms with Crippen molar-refractivity contribution in [2.45, 2.75) is 97.3 Å². The van der Waals surface area contributed by atoms with Crippen LogP contribution in [0.4, 0.5) is 0 Å². The number of amides is 1. The van der Waals surface area contributed by atoms with Gasteiger partial charge in [0.1, 0.15) is 0 Å². The summed E-state index contributed by atoms with van der Waals surface area (Å²) in [6.07, 6.45) is 21.3. The van der Waals surface area contributed by atoms with Crippen molar-refractivity contribution in [2.75, 3.05) is 33.7 Å². The van der Waals surface area contributed by atoms with Crippen LogP contribution in [-0.4, -0.2) is 44.1 Å². The molecule has 0 rings (SSSR count). The summed E-state index contributed by atoms with van der Waals surface area (Å²) in [6, 6.07) is 0. The van der Waals surface area contributed by atoms with Gasteiger partial charge in [-0.25, -0.2) is 0 Å². The summed E-state index contributed by atoms with van der Waals surface area (Å²) < 4.78 is 1.07. The lowest BCUT2D eigenvalue weighted by Gasteiger charge is -2.30. The van der Waals surface area contributed by atoms with Crippen molar-refractivity contribution in [1.82, 2.24) is 5.32 Å². The number of nitrogens with zero attached hydrogens (tertiary/aromatic N) is 1. The standard InChI is InChI=1S/C23H46N2O/c1-5-7-8-9-10-11-12-13-14-15-16-17-21-25(3,4)22-18-20-24-23(26)19-6-2/h6,19H,5,7-18,20-22H2,1-4H3/p+1. The molecule has 0 unspecified atom stereocenters. The highest BCUT2D eigenvalue weighted by Gasteiger charge is 2.13. The van der Waals surface area contributed by atoms with Crippen LogP contribution in [0.3, 0.4) is 0 Å². The summed E-state index contributed by atoms with van der Waals surface area (Å²) in [4.78, 5) is 11.4. The number of unbranched alkanes of at least 4 members (excludes halogenated alkanes) is 11. The highest BCUT2D eigenvalue weighted by Crippen LogP contribution is 2.12. The second kappa shape index (κ2) is 17.6. The summed E-state index contributed by atoms with van der Waals surface area (Å²) in [5.74, 6) is 0.0266. The molecule has 26 heavy (non-hydrogen) atoms. The summed E-state index contributed by atoms with van der Waals surface area (Å²) in [5.41, 5.74) is 0. The number of hydrogen-bond acceptors (Lipinski definition) is 1. The molecule has 0 fully saturated rings. The second-order valence-corrected chi connectivity index (χ2v) is 8.42. The fourth-order valence-electron chi connectivity index (χ4n) is 3.42. The van der Waals surface area contributed by atoms with E-state index in [0.29, 0.717) is 0 Å². The first-order valence-electron chi connectivity index (χ1n) is 11.2. The predicted octanol–water partition coefficient (Wildman–Crippen LogP) is 5.85. The zero-order valence-electron chi connectivity index (χ0n) is 18.3. The number of nitrogens with one attached hydrogen (secondary N) is 1. The number of rotatable bonds is 18. The Morgan fingerprint density at radius 1 is 0.769 bits per heavy atom. The Morgan fingerprint density at radius 2 is 1.23 bits per heavy atom. The zero-order chi connectivity index (χ0) is 19.5. The molecular formula is C23H47N2O+. The van der Waals surface area contributed by atoms with E-state index < -0.39 is 0 Å². The van der Waals surface area contributed by atoms with E-state index >= 15 is 0 Å². The van der Waals surface area contributed by atoms with Gasteiger partial charge in [-0.2, -0.15) is 0 Å². The summed E-state index contributed by atoms with van der Waals surface area (Å²) >= 11 is 0. The molecule has 0 aromatic heterocycles. The van der Waals surface area contributed by atoms with Gasteiger partial charge in [-0.05, 0) is 25.8 Å². The van der Waals surface area contributed by atoms with Crippen LogP contribution in [-0.2, 0) is 4.79 Å². The number of carbonyl (C=O) groups is 1. The Hall–Kier alpha value is -0.830. The van der Waals surface area contributed by atoms with Crippen molar-refractivity contribution in [2.24, 2.45) is 0 Å². The van der Waals surface area contributed by atoms with Crippen molar-refractivity contribution in [3.05, 3.63) is 12.2 Å². The molecule has 0 spiro atoms. The van der Waals surface area contributed by atoms with Crippen molar-refractivity contribution in [3.8, 4) is 0 Å². The maximum Gasteiger partial charge on any atom is 0.243 e. The second-order valence-electron chi connectivity index (χ2n) is 8.42. The van der Waals surface area contributed by atoms with E-state index in [4.69, 9.17) is 0 Å². The van der Waals surface area contributed by atoms with Gasteiger partial charge in [0.05, 0.1) is 27.2 Å². The first kappa shape index (κ1) is 25.2. The summed E-state index contributed by atoms with van der Waals surface area (Å²) in [7, 11) is 4.62. The van der Waals surface area contributed by atoms with Gasteiger partial charge in [-0.1, -0.05) is 77.2 Å². The van der Waals surface area contributed by atoms with Gasteiger partial charge in [-0.3, -0.25) is 4.79 Å². The van der Waals surface area contributed by atoms with Crippen LogP contribution in [0.2, 0.25) is 0 Å². The van der Waals surface area contributed by atoms with Crippen LogP contribution in [0, 0.1) is 0 Å². The van der Waals surface area contributed by atoms with Crippen LogP contribution >= 0.6 is 0 Å². The van der Waals surface area contributed by atoms with Crippen molar-refractivity contribution in [3.63, 3.8) is 0 Å². The maximum atomic E-state index is 11.4. The Bertz CT molecular complexity index is 350. The third kappa shape index (κ3) is 18.0. The molecule has 0 bridgehead atoms. The largest absolute Gasteiger partial charge is 0.352 e. The lowest BCUT2D eigenvalue weighted by atomic mass is 10.1. The van der Waals surface area contributed by atoms with Crippen LogP contribution in [0.1, 0.15) is 97.3 Å². The maximum absolute atomic E-state index is 11.4. The molecular weight excluding hydrogens is 320 g/mol. The Labute approximate surface area is 164 Å². The molecule has 0 saturated carbocycles. The fourth-order valence-corrected chi connectivity index (χ4v) is 3.42. The van der Waals surface area contributed by atoms with Crippen molar-refractivity contribution < 1.29 is 9.28 Å². The molecule has 0 aromatic rings. The van der Waals surface area contributed by atoms with Gasteiger partial charge in [-0.15, -0.1) is 0 Å². The SMILES string of the molecule is CC=CC(=O)NCCC[N+](C)(C)CCCCCCCCCCCCCC. The highest BCUT2D eigenvalue weighted by atomic mass is 16.1. The lowest BCUT2D eigenvalue weighted by molar-refractivity contribution is -0.890. The van der Waals surface area contributed by atoms with Crippen molar-refractivity contribution >= 4 is 5.91 Å². The topological polar surface area (TPSA) is 29.1 Å². The van der Waals surface area contributed by atoms with Gasteiger partial charge >= 0.3 is 0 Å². The molecule has 0 aliphatic carbocycles. The van der Waals surface area contributed by atoms with E-state index in [1.54, 1.807) is 12.2 Å². The first-order chi connectivity index (χ1) is 12.5. The van der Waals surface area contributed by atoms with Gasteiger partial charge in [0.15, 0.2) is 0 Å². The molecule has 0 aromatic carbocycles.